The fourth-order valence-corrected chi connectivity index (χ4v) is 1.76. The number of rotatable bonds is 6. The van der Waals surface area contributed by atoms with Gasteiger partial charge in [-0.15, -0.1) is 0 Å². The summed E-state index contributed by atoms with van der Waals surface area (Å²) in [6.45, 7) is 4.62. The Hall–Kier alpha value is -2.43. The molecule has 0 aromatic carbocycles. The summed E-state index contributed by atoms with van der Waals surface area (Å²) in [5.74, 6) is -0.198. The molecule has 0 saturated heterocycles. The Morgan fingerprint density at radius 1 is 1.24 bits per heavy atom. The van der Waals surface area contributed by atoms with Gasteiger partial charge in [0.2, 0.25) is 0 Å². The van der Waals surface area contributed by atoms with Gasteiger partial charge in [0.05, 0.1) is 24.1 Å². The topological polar surface area (TPSA) is 66.9 Å². The van der Waals surface area contributed by atoms with Crippen LogP contribution in [0.2, 0.25) is 0 Å². The van der Waals surface area contributed by atoms with Crippen LogP contribution in [0.25, 0.3) is 0 Å². The smallest absolute Gasteiger partial charge is 0.270 e. The molecular formula is C16H20N4O. The molecule has 5 heteroatoms. The lowest BCUT2D eigenvalue weighted by molar-refractivity contribution is 0.0945. The Kier molecular flexibility index (Phi) is 5.26. The molecule has 0 saturated carbocycles. The van der Waals surface area contributed by atoms with Gasteiger partial charge in [0.1, 0.15) is 5.69 Å². The molecule has 2 heterocycles. The van der Waals surface area contributed by atoms with Gasteiger partial charge in [0.25, 0.3) is 5.91 Å². The molecule has 5 nitrogen and oxygen atoms in total. The van der Waals surface area contributed by atoms with Crippen molar-refractivity contribution < 1.29 is 4.79 Å². The molecule has 1 atom stereocenters. The average molecular weight is 284 g/mol. The number of anilines is 1. The Bertz CT molecular complexity index is 569. The number of hydrogen-bond donors (Lipinski definition) is 2. The van der Waals surface area contributed by atoms with Crippen molar-refractivity contribution in [2.75, 3.05) is 5.32 Å². The Morgan fingerprint density at radius 3 is 2.71 bits per heavy atom. The minimum Gasteiger partial charge on any atom is -0.381 e. The third-order valence-corrected chi connectivity index (χ3v) is 3.18. The number of pyridine rings is 2. The van der Waals surface area contributed by atoms with E-state index in [0.717, 1.165) is 17.8 Å². The van der Waals surface area contributed by atoms with Gasteiger partial charge < -0.3 is 10.6 Å². The van der Waals surface area contributed by atoms with Crippen LogP contribution in [0.15, 0.2) is 42.7 Å². The first-order valence-corrected chi connectivity index (χ1v) is 7.09. The maximum absolute atomic E-state index is 12.0. The number of nitrogens with one attached hydrogen (secondary N) is 2. The van der Waals surface area contributed by atoms with Crippen LogP contribution in [0.3, 0.4) is 0 Å². The van der Waals surface area contributed by atoms with Crippen molar-refractivity contribution in [1.82, 2.24) is 15.3 Å². The first-order chi connectivity index (χ1) is 10.2. The van der Waals surface area contributed by atoms with E-state index in [9.17, 15) is 4.79 Å². The van der Waals surface area contributed by atoms with Gasteiger partial charge in [-0.05, 0) is 37.6 Å². The van der Waals surface area contributed by atoms with Crippen LogP contribution >= 0.6 is 0 Å². The number of carbonyl (C=O) groups is 1. The van der Waals surface area contributed by atoms with Crippen molar-refractivity contribution in [2.45, 2.75) is 32.9 Å². The fourth-order valence-electron chi connectivity index (χ4n) is 1.76. The zero-order valence-electron chi connectivity index (χ0n) is 12.3. The van der Waals surface area contributed by atoms with Gasteiger partial charge in [-0.2, -0.15) is 0 Å². The molecule has 0 spiro atoms. The average Bonchev–Trinajstić information content (AvgIpc) is 2.54. The highest BCUT2D eigenvalue weighted by molar-refractivity contribution is 5.92. The maximum atomic E-state index is 12.0. The third kappa shape index (κ3) is 4.56. The van der Waals surface area contributed by atoms with Crippen LogP contribution in [-0.2, 0) is 6.54 Å². The van der Waals surface area contributed by atoms with Crippen LogP contribution in [0.4, 0.5) is 5.69 Å². The predicted molar refractivity (Wildman–Crippen MR) is 83.0 cm³/mol. The second-order valence-corrected chi connectivity index (χ2v) is 4.89. The molecule has 110 valence electrons. The van der Waals surface area contributed by atoms with Gasteiger partial charge in [-0.25, -0.2) is 4.98 Å². The first-order valence-electron chi connectivity index (χ1n) is 7.09. The van der Waals surface area contributed by atoms with Crippen LogP contribution in [0, 0.1) is 0 Å². The molecule has 2 N–H and O–H groups in total. The lowest BCUT2D eigenvalue weighted by atomic mass is 10.2. The summed E-state index contributed by atoms with van der Waals surface area (Å²) in [6, 6.07) is 9.58. The molecule has 0 bridgehead atoms. The highest BCUT2D eigenvalue weighted by Crippen LogP contribution is 2.09. The van der Waals surface area contributed by atoms with Crippen molar-refractivity contribution in [3.63, 3.8) is 0 Å². The minimum atomic E-state index is -0.198. The van der Waals surface area contributed by atoms with Gasteiger partial charge in [-0.1, -0.05) is 13.0 Å². The standard InChI is InChI=1S/C16H20N4O/c1-3-12(2)20-14-7-8-15(18-11-14)16(21)19-10-13-6-4-5-9-17-13/h4-9,11-12,20H,3,10H2,1-2H3,(H,19,21). The quantitative estimate of drug-likeness (QED) is 0.855. The lowest BCUT2D eigenvalue weighted by Crippen LogP contribution is -2.24. The summed E-state index contributed by atoms with van der Waals surface area (Å²) < 4.78 is 0. The van der Waals surface area contributed by atoms with Gasteiger partial charge in [-0.3, -0.25) is 9.78 Å². The highest BCUT2D eigenvalue weighted by atomic mass is 16.1. The molecular weight excluding hydrogens is 264 g/mol. The van der Waals surface area contributed by atoms with E-state index in [1.165, 1.54) is 0 Å². The van der Waals surface area contributed by atoms with E-state index in [1.54, 1.807) is 18.5 Å². The molecule has 2 aromatic rings. The van der Waals surface area contributed by atoms with E-state index in [2.05, 4.69) is 34.4 Å². The molecule has 0 radical (unpaired) electrons. The van der Waals surface area contributed by atoms with E-state index in [0.29, 0.717) is 18.3 Å². The Balaban J connectivity index is 1.90. The normalized spacial score (nSPS) is 11.7. The number of aromatic nitrogens is 2. The van der Waals surface area contributed by atoms with Crippen LogP contribution in [0.1, 0.15) is 36.5 Å². The molecule has 0 aliphatic rings. The summed E-state index contributed by atoms with van der Waals surface area (Å²) >= 11 is 0. The molecule has 2 rings (SSSR count). The van der Waals surface area contributed by atoms with E-state index >= 15 is 0 Å². The summed E-state index contributed by atoms with van der Waals surface area (Å²) in [6.07, 6.45) is 4.42. The second-order valence-electron chi connectivity index (χ2n) is 4.89. The monoisotopic (exact) mass is 284 g/mol. The second kappa shape index (κ2) is 7.38. The van der Waals surface area contributed by atoms with Gasteiger partial charge >= 0.3 is 0 Å². The van der Waals surface area contributed by atoms with E-state index < -0.39 is 0 Å². The summed E-state index contributed by atoms with van der Waals surface area (Å²) in [5.41, 5.74) is 2.15. The highest BCUT2D eigenvalue weighted by Gasteiger charge is 2.07. The molecule has 1 amide bonds. The number of hydrogen-bond acceptors (Lipinski definition) is 4. The van der Waals surface area contributed by atoms with Crippen molar-refractivity contribution >= 4 is 11.6 Å². The molecule has 0 fully saturated rings. The molecule has 2 aromatic heterocycles. The van der Waals surface area contributed by atoms with E-state index in [4.69, 9.17) is 0 Å². The van der Waals surface area contributed by atoms with Crippen molar-refractivity contribution in [2.24, 2.45) is 0 Å². The zero-order chi connectivity index (χ0) is 15.1. The molecule has 21 heavy (non-hydrogen) atoms. The number of amides is 1. The number of carbonyl (C=O) groups excluding carboxylic acids is 1. The minimum absolute atomic E-state index is 0.198. The lowest BCUT2D eigenvalue weighted by Gasteiger charge is -2.12. The summed E-state index contributed by atoms with van der Waals surface area (Å²) in [7, 11) is 0. The third-order valence-electron chi connectivity index (χ3n) is 3.18. The fraction of sp³-hybridized carbons (Fsp3) is 0.312. The van der Waals surface area contributed by atoms with Crippen molar-refractivity contribution in [3.05, 3.63) is 54.1 Å². The van der Waals surface area contributed by atoms with E-state index in [1.807, 2.05) is 24.3 Å². The predicted octanol–water partition coefficient (Wildman–Crippen LogP) is 2.62. The molecule has 1 unspecified atom stereocenters. The summed E-state index contributed by atoms with van der Waals surface area (Å²) in [4.78, 5) is 20.3. The van der Waals surface area contributed by atoms with Gasteiger partial charge in [0, 0.05) is 12.2 Å². The van der Waals surface area contributed by atoms with Crippen LogP contribution in [-0.4, -0.2) is 21.9 Å². The van der Waals surface area contributed by atoms with Crippen LogP contribution in [0.5, 0.6) is 0 Å². The van der Waals surface area contributed by atoms with Crippen LogP contribution < -0.4 is 10.6 Å². The SMILES string of the molecule is CCC(C)Nc1ccc(C(=O)NCc2ccccn2)nc1. The van der Waals surface area contributed by atoms with Crippen molar-refractivity contribution in [1.29, 1.82) is 0 Å². The Morgan fingerprint density at radius 2 is 2.10 bits per heavy atom. The number of nitrogens with zero attached hydrogens (tertiary/aromatic N) is 2. The molecule has 0 aliphatic heterocycles. The first kappa shape index (κ1) is 15.0. The Labute approximate surface area is 124 Å². The van der Waals surface area contributed by atoms with Crippen molar-refractivity contribution in [3.8, 4) is 0 Å². The molecule has 0 aliphatic carbocycles. The summed E-state index contributed by atoms with van der Waals surface area (Å²) in [5, 5.41) is 6.11. The maximum Gasteiger partial charge on any atom is 0.270 e. The zero-order valence-corrected chi connectivity index (χ0v) is 12.3. The van der Waals surface area contributed by atoms with Gasteiger partial charge in [0.15, 0.2) is 0 Å². The van der Waals surface area contributed by atoms with E-state index in [-0.39, 0.29) is 5.91 Å². The largest absolute Gasteiger partial charge is 0.381 e.